The predicted molar refractivity (Wildman–Crippen MR) is 95.8 cm³/mol. The van der Waals surface area contributed by atoms with E-state index < -0.39 is 0 Å². The van der Waals surface area contributed by atoms with E-state index in [0.717, 1.165) is 5.69 Å². The van der Waals surface area contributed by atoms with E-state index in [1.165, 1.54) is 0 Å². The van der Waals surface area contributed by atoms with Gasteiger partial charge in [-0.05, 0) is 42.5 Å². The van der Waals surface area contributed by atoms with Crippen LogP contribution in [0.1, 0.15) is 6.42 Å². The Morgan fingerprint density at radius 3 is 2.54 bits per heavy atom. The van der Waals surface area contributed by atoms with Crippen LogP contribution in [0.25, 0.3) is 0 Å². The van der Waals surface area contributed by atoms with Crippen molar-refractivity contribution in [1.29, 1.82) is 0 Å². The third-order valence-corrected chi connectivity index (χ3v) is 4.17. The van der Waals surface area contributed by atoms with Gasteiger partial charge in [0.05, 0.1) is 6.04 Å². The Hall–Kier alpha value is -2.24. The molecule has 0 radical (unpaired) electrons. The molecule has 3 rings (SSSR count). The third-order valence-electron chi connectivity index (χ3n) is 3.68. The second-order valence-corrected chi connectivity index (χ2v) is 6.36. The molecule has 3 amide bonds. The average Bonchev–Trinajstić information content (AvgIpc) is 2.88. The van der Waals surface area contributed by atoms with Crippen LogP contribution in [0, 0.1) is 0 Å². The van der Waals surface area contributed by atoms with Crippen molar-refractivity contribution < 1.29 is 9.59 Å². The van der Waals surface area contributed by atoms with Gasteiger partial charge >= 0.3 is 6.03 Å². The molecule has 2 aromatic rings. The molecule has 7 heteroatoms. The smallest absolute Gasteiger partial charge is 0.319 e. The number of anilines is 2. The maximum absolute atomic E-state index is 12.2. The molecule has 0 bridgehead atoms. The van der Waals surface area contributed by atoms with Crippen molar-refractivity contribution in [3.63, 3.8) is 0 Å². The Morgan fingerprint density at radius 2 is 1.83 bits per heavy atom. The first-order valence-electron chi connectivity index (χ1n) is 7.40. The number of carbonyl (C=O) groups excluding carboxylic acids is 2. The largest absolute Gasteiger partial charge is 0.333 e. The van der Waals surface area contributed by atoms with Crippen LogP contribution in [0.2, 0.25) is 10.0 Å². The normalized spacial score (nSPS) is 17.0. The summed E-state index contributed by atoms with van der Waals surface area (Å²) in [7, 11) is 0. The highest BCUT2D eigenvalue weighted by Gasteiger charge is 2.31. The van der Waals surface area contributed by atoms with Crippen LogP contribution in [0.4, 0.5) is 16.2 Å². The number of nitrogens with one attached hydrogen (secondary N) is 2. The zero-order valence-electron chi connectivity index (χ0n) is 12.6. The Balaban J connectivity index is 1.59. The van der Waals surface area contributed by atoms with E-state index >= 15 is 0 Å². The van der Waals surface area contributed by atoms with Crippen LogP contribution in [0.3, 0.4) is 0 Å². The molecule has 1 atom stereocenters. The molecule has 1 saturated heterocycles. The minimum absolute atomic E-state index is 0.0367. The molecule has 1 heterocycles. The lowest BCUT2D eigenvalue weighted by molar-refractivity contribution is -0.117. The van der Waals surface area contributed by atoms with Gasteiger partial charge in [0.1, 0.15) is 0 Å². The number of benzene rings is 2. The second kappa shape index (κ2) is 7.11. The van der Waals surface area contributed by atoms with Crippen molar-refractivity contribution in [1.82, 2.24) is 5.32 Å². The molecule has 0 spiro atoms. The molecular weight excluding hydrogens is 349 g/mol. The van der Waals surface area contributed by atoms with E-state index in [-0.39, 0.29) is 24.4 Å². The molecule has 0 saturated carbocycles. The summed E-state index contributed by atoms with van der Waals surface area (Å²) >= 11 is 11.7. The van der Waals surface area contributed by atoms with Gasteiger partial charge in [-0.15, -0.1) is 0 Å². The quantitative estimate of drug-likeness (QED) is 0.867. The summed E-state index contributed by atoms with van der Waals surface area (Å²) in [5.74, 6) is -0.0367. The van der Waals surface area contributed by atoms with Crippen LogP contribution in [0.15, 0.2) is 48.5 Å². The molecule has 2 aromatic carbocycles. The van der Waals surface area contributed by atoms with E-state index in [2.05, 4.69) is 10.6 Å². The maximum Gasteiger partial charge on any atom is 0.319 e. The molecule has 24 heavy (non-hydrogen) atoms. The number of nitrogens with zero attached hydrogens (tertiary/aromatic N) is 1. The fraction of sp³-hybridized carbons (Fsp3) is 0.176. The molecule has 124 valence electrons. The molecule has 5 nitrogen and oxygen atoms in total. The molecule has 1 unspecified atom stereocenters. The van der Waals surface area contributed by atoms with Gasteiger partial charge < -0.3 is 15.5 Å². The molecule has 1 fully saturated rings. The summed E-state index contributed by atoms with van der Waals surface area (Å²) in [6.45, 7) is 0.420. The maximum atomic E-state index is 12.2. The van der Waals surface area contributed by atoms with Gasteiger partial charge in [0.25, 0.3) is 0 Å². The highest BCUT2D eigenvalue weighted by Crippen LogP contribution is 2.23. The van der Waals surface area contributed by atoms with E-state index in [9.17, 15) is 9.59 Å². The summed E-state index contributed by atoms with van der Waals surface area (Å²) in [5.41, 5.74) is 1.36. The van der Waals surface area contributed by atoms with Gasteiger partial charge in [0, 0.05) is 34.4 Å². The third kappa shape index (κ3) is 3.99. The highest BCUT2D eigenvalue weighted by molar-refractivity contribution is 6.31. The number of amides is 3. The fourth-order valence-electron chi connectivity index (χ4n) is 2.59. The number of urea groups is 1. The predicted octanol–water partition coefficient (Wildman–Crippen LogP) is 3.92. The number of carbonyl (C=O) groups is 2. The van der Waals surface area contributed by atoms with Crippen molar-refractivity contribution in [3.8, 4) is 0 Å². The van der Waals surface area contributed by atoms with Gasteiger partial charge in [-0.2, -0.15) is 0 Å². The lowest BCUT2D eigenvalue weighted by Crippen LogP contribution is -2.39. The monoisotopic (exact) mass is 363 g/mol. The Kier molecular flexibility index (Phi) is 4.92. The molecular formula is C17H15Cl2N3O2. The fourth-order valence-corrected chi connectivity index (χ4v) is 2.91. The summed E-state index contributed by atoms with van der Waals surface area (Å²) in [4.78, 5) is 25.9. The summed E-state index contributed by atoms with van der Waals surface area (Å²) in [6.07, 6.45) is 0.256. The number of halogens is 2. The zero-order chi connectivity index (χ0) is 17.1. The first-order valence-corrected chi connectivity index (χ1v) is 8.16. The van der Waals surface area contributed by atoms with E-state index in [1.54, 1.807) is 53.4 Å². The van der Waals surface area contributed by atoms with Crippen molar-refractivity contribution in [2.75, 3.05) is 16.8 Å². The van der Waals surface area contributed by atoms with Crippen molar-refractivity contribution in [3.05, 3.63) is 58.6 Å². The minimum Gasteiger partial charge on any atom is -0.333 e. The number of hydrogen-bond acceptors (Lipinski definition) is 2. The van der Waals surface area contributed by atoms with Gasteiger partial charge in [-0.1, -0.05) is 29.3 Å². The van der Waals surface area contributed by atoms with Crippen molar-refractivity contribution >= 4 is 46.5 Å². The Bertz CT molecular complexity index is 765. The number of rotatable bonds is 3. The Labute approximate surface area is 149 Å². The first-order chi connectivity index (χ1) is 11.5. The van der Waals surface area contributed by atoms with Crippen LogP contribution < -0.4 is 15.5 Å². The molecule has 1 aliphatic rings. The van der Waals surface area contributed by atoms with Gasteiger partial charge in [-0.3, -0.25) is 4.79 Å². The van der Waals surface area contributed by atoms with Gasteiger partial charge in [0.2, 0.25) is 5.91 Å². The zero-order valence-corrected chi connectivity index (χ0v) is 14.1. The van der Waals surface area contributed by atoms with Crippen LogP contribution in [-0.2, 0) is 4.79 Å². The molecule has 1 aliphatic heterocycles. The molecule has 0 aromatic heterocycles. The SMILES string of the molecule is O=C(Nc1cccc(Cl)c1)NC1CC(=O)N(c2ccc(Cl)cc2)C1. The summed E-state index contributed by atoms with van der Waals surface area (Å²) in [5, 5.41) is 6.66. The first kappa shape index (κ1) is 16.6. The standard InChI is InChI=1S/C17H15Cl2N3O2/c18-11-4-6-15(7-5-11)22-10-14(9-16(22)23)21-17(24)20-13-3-1-2-12(19)8-13/h1-8,14H,9-10H2,(H2,20,21,24). The molecule has 0 aliphatic carbocycles. The Morgan fingerprint density at radius 1 is 1.08 bits per heavy atom. The van der Waals surface area contributed by atoms with E-state index in [0.29, 0.717) is 22.3 Å². The second-order valence-electron chi connectivity index (χ2n) is 5.49. The lowest BCUT2D eigenvalue weighted by atomic mass is 10.2. The van der Waals surface area contributed by atoms with Crippen molar-refractivity contribution in [2.45, 2.75) is 12.5 Å². The van der Waals surface area contributed by atoms with E-state index in [1.807, 2.05) is 0 Å². The van der Waals surface area contributed by atoms with Crippen LogP contribution in [0.5, 0.6) is 0 Å². The van der Waals surface area contributed by atoms with E-state index in [4.69, 9.17) is 23.2 Å². The van der Waals surface area contributed by atoms with Gasteiger partial charge in [-0.25, -0.2) is 4.79 Å². The lowest BCUT2D eigenvalue weighted by Gasteiger charge is -2.17. The minimum atomic E-state index is -0.368. The van der Waals surface area contributed by atoms with Gasteiger partial charge in [0.15, 0.2) is 0 Å². The van der Waals surface area contributed by atoms with Crippen LogP contribution in [-0.4, -0.2) is 24.5 Å². The topological polar surface area (TPSA) is 61.4 Å². The van der Waals surface area contributed by atoms with Crippen LogP contribution >= 0.6 is 23.2 Å². The summed E-state index contributed by atoms with van der Waals surface area (Å²) in [6, 6.07) is 13.3. The molecule has 2 N–H and O–H groups in total. The number of hydrogen-bond donors (Lipinski definition) is 2. The summed E-state index contributed by atoms with van der Waals surface area (Å²) < 4.78 is 0. The highest BCUT2D eigenvalue weighted by atomic mass is 35.5. The van der Waals surface area contributed by atoms with Crippen molar-refractivity contribution in [2.24, 2.45) is 0 Å². The average molecular weight is 364 g/mol.